The first-order valence-electron chi connectivity index (χ1n) is 9.04. The molecular weight excluding hydrogens is 395 g/mol. The number of nitrogens with two attached hydrogens (primary N) is 1. The van der Waals surface area contributed by atoms with Gasteiger partial charge in [0.05, 0.1) is 23.4 Å². The van der Waals surface area contributed by atoms with E-state index in [0.717, 1.165) is 12.1 Å². The van der Waals surface area contributed by atoms with Crippen molar-refractivity contribution in [3.63, 3.8) is 0 Å². The van der Waals surface area contributed by atoms with Gasteiger partial charge < -0.3 is 10.6 Å². The molecule has 2 N–H and O–H groups in total. The predicted molar refractivity (Wildman–Crippen MR) is 105 cm³/mol. The monoisotopic (exact) mass is 411 g/mol. The third kappa shape index (κ3) is 3.59. The molecule has 9 heteroatoms. The van der Waals surface area contributed by atoms with Crippen molar-refractivity contribution in [2.45, 2.75) is 19.1 Å². The van der Waals surface area contributed by atoms with Crippen molar-refractivity contribution in [2.24, 2.45) is 0 Å². The van der Waals surface area contributed by atoms with E-state index in [9.17, 15) is 18.0 Å². The molecule has 0 fully saturated rings. The minimum absolute atomic E-state index is 0.172. The number of alkyl halides is 3. The molecule has 6 nitrogen and oxygen atoms in total. The number of rotatable bonds is 1. The Hall–Kier alpha value is -3.80. The fourth-order valence-corrected chi connectivity index (χ4v) is 3.23. The number of benzene rings is 1. The lowest BCUT2D eigenvalue weighted by atomic mass is 10.1. The van der Waals surface area contributed by atoms with Crippen molar-refractivity contribution in [1.82, 2.24) is 14.8 Å². The minimum atomic E-state index is -4.43. The van der Waals surface area contributed by atoms with Gasteiger partial charge in [0.2, 0.25) is 0 Å². The number of nitrogens with zero attached hydrogens (tertiary/aromatic N) is 4. The molecule has 0 saturated carbocycles. The molecule has 1 aliphatic rings. The Bertz CT molecular complexity index is 1150. The lowest BCUT2D eigenvalue weighted by Crippen LogP contribution is -2.43. The van der Waals surface area contributed by atoms with Gasteiger partial charge in [-0.15, -0.1) is 0 Å². The third-order valence-corrected chi connectivity index (χ3v) is 4.74. The van der Waals surface area contributed by atoms with E-state index in [2.05, 4.69) is 21.9 Å². The Morgan fingerprint density at radius 3 is 2.47 bits per heavy atom. The highest BCUT2D eigenvalue weighted by molar-refractivity contribution is 6.07. The number of hydrogen-bond acceptors (Lipinski definition) is 4. The maximum absolute atomic E-state index is 13.1. The van der Waals surface area contributed by atoms with Crippen molar-refractivity contribution in [3.05, 3.63) is 71.2 Å². The Kier molecular flexibility index (Phi) is 4.70. The molecule has 0 unspecified atom stereocenters. The van der Waals surface area contributed by atoms with Crippen LogP contribution in [0.3, 0.4) is 0 Å². The summed E-state index contributed by atoms with van der Waals surface area (Å²) < 4.78 is 40.1. The van der Waals surface area contributed by atoms with Gasteiger partial charge in [-0.2, -0.15) is 18.3 Å². The highest BCUT2D eigenvalue weighted by Crippen LogP contribution is 2.32. The maximum atomic E-state index is 13.1. The van der Waals surface area contributed by atoms with E-state index in [1.165, 1.54) is 29.4 Å². The van der Waals surface area contributed by atoms with Crippen molar-refractivity contribution in [1.29, 1.82) is 0 Å². The zero-order chi connectivity index (χ0) is 21.5. The van der Waals surface area contributed by atoms with Crippen LogP contribution in [0.5, 0.6) is 0 Å². The van der Waals surface area contributed by atoms with E-state index in [1.54, 1.807) is 16.8 Å². The molecule has 0 bridgehead atoms. The van der Waals surface area contributed by atoms with Gasteiger partial charge in [-0.05, 0) is 43.3 Å². The molecule has 1 amide bonds. The first-order valence-corrected chi connectivity index (χ1v) is 9.04. The number of hydrogen-bond donors (Lipinski definition) is 1. The van der Waals surface area contributed by atoms with Gasteiger partial charge in [-0.3, -0.25) is 9.48 Å². The van der Waals surface area contributed by atoms with Crippen LogP contribution in [0.4, 0.5) is 24.7 Å². The Labute approximate surface area is 170 Å². The van der Waals surface area contributed by atoms with E-state index in [4.69, 9.17) is 5.73 Å². The SMILES string of the molecule is C[C@H]1CN(c2ccc(C(F)(F)F)cc2)C(=O)c2c(C#Cc3ccc(N)nc3)cnn21. The maximum Gasteiger partial charge on any atom is 0.416 e. The topological polar surface area (TPSA) is 77.0 Å². The van der Waals surface area contributed by atoms with Crippen LogP contribution in [0.15, 0.2) is 48.8 Å². The van der Waals surface area contributed by atoms with Gasteiger partial charge in [0.1, 0.15) is 11.5 Å². The number of fused-ring (bicyclic) bond motifs is 1. The number of halogens is 3. The van der Waals surface area contributed by atoms with Crippen LogP contribution in [0.1, 0.15) is 40.1 Å². The largest absolute Gasteiger partial charge is 0.416 e. The summed E-state index contributed by atoms with van der Waals surface area (Å²) in [4.78, 5) is 18.5. The zero-order valence-electron chi connectivity index (χ0n) is 15.8. The van der Waals surface area contributed by atoms with Gasteiger partial charge in [-0.25, -0.2) is 4.98 Å². The highest BCUT2D eigenvalue weighted by atomic mass is 19.4. The second-order valence-corrected chi connectivity index (χ2v) is 6.88. The average Bonchev–Trinajstić information content (AvgIpc) is 3.15. The third-order valence-electron chi connectivity index (χ3n) is 4.74. The summed E-state index contributed by atoms with van der Waals surface area (Å²) in [5.74, 6) is 5.86. The molecule has 152 valence electrons. The Morgan fingerprint density at radius 2 is 1.83 bits per heavy atom. The smallest absolute Gasteiger partial charge is 0.384 e. The standard InChI is InChI=1S/C21H16F3N5O/c1-13-12-28(17-7-5-16(6-8-17)21(22,23)24)20(30)19-15(11-27-29(13)19)4-2-14-3-9-18(25)26-10-14/h3,5-11,13H,12H2,1H3,(H2,25,26)/t13-/m0/s1. The zero-order valence-corrected chi connectivity index (χ0v) is 15.8. The number of carbonyl (C=O) groups excluding carboxylic acids is 1. The molecule has 3 heterocycles. The molecule has 4 rings (SSSR count). The van der Waals surface area contributed by atoms with Crippen LogP contribution < -0.4 is 10.6 Å². The Morgan fingerprint density at radius 1 is 1.10 bits per heavy atom. The molecule has 30 heavy (non-hydrogen) atoms. The van der Waals surface area contributed by atoms with Crippen molar-refractivity contribution >= 4 is 17.4 Å². The van der Waals surface area contributed by atoms with Crippen LogP contribution >= 0.6 is 0 Å². The fourth-order valence-electron chi connectivity index (χ4n) is 3.23. The van der Waals surface area contributed by atoms with Gasteiger partial charge in [0.25, 0.3) is 5.91 Å². The molecule has 0 spiro atoms. The van der Waals surface area contributed by atoms with E-state index in [0.29, 0.717) is 28.3 Å². The normalized spacial score (nSPS) is 16.1. The van der Waals surface area contributed by atoms with Crippen LogP contribution in [-0.2, 0) is 6.18 Å². The van der Waals surface area contributed by atoms with Crippen molar-refractivity contribution in [3.8, 4) is 11.8 Å². The summed E-state index contributed by atoms with van der Waals surface area (Å²) in [7, 11) is 0. The highest BCUT2D eigenvalue weighted by Gasteiger charge is 2.34. The van der Waals surface area contributed by atoms with Gasteiger partial charge >= 0.3 is 6.18 Å². The number of pyridine rings is 1. The van der Waals surface area contributed by atoms with E-state index in [1.807, 2.05) is 6.92 Å². The summed E-state index contributed by atoms with van der Waals surface area (Å²) in [6.07, 6.45) is -1.40. The lowest BCUT2D eigenvalue weighted by Gasteiger charge is -2.32. The van der Waals surface area contributed by atoms with Crippen LogP contribution in [0, 0.1) is 11.8 Å². The summed E-state index contributed by atoms with van der Waals surface area (Å²) in [5.41, 5.74) is 6.53. The second-order valence-electron chi connectivity index (χ2n) is 6.88. The second kappa shape index (κ2) is 7.22. The summed E-state index contributed by atoms with van der Waals surface area (Å²) >= 11 is 0. The molecule has 1 aromatic carbocycles. The quantitative estimate of drug-likeness (QED) is 0.622. The molecular formula is C21H16F3N5O. The van der Waals surface area contributed by atoms with Crippen molar-refractivity contribution in [2.75, 3.05) is 17.2 Å². The molecule has 0 aliphatic carbocycles. The molecule has 1 atom stereocenters. The van der Waals surface area contributed by atoms with Gasteiger partial charge in [0.15, 0.2) is 0 Å². The Balaban J connectivity index is 1.67. The average molecular weight is 411 g/mol. The minimum Gasteiger partial charge on any atom is -0.384 e. The van der Waals surface area contributed by atoms with Gasteiger partial charge in [-0.1, -0.05) is 11.8 Å². The van der Waals surface area contributed by atoms with Crippen LogP contribution in [-0.4, -0.2) is 27.2 Å². The number of aromatic nitrogens is 3. The summed E-state index contributed by atoms with van der Waals surface area (Å²) in [6, 6.07) is 7.69. The number of carbonyl (C=O) groups is 1. The van der Waals surface area contributed by atoms with E-state index in [-0.39, 0.29) is 18.5 Å². The first kappa shape index (κ1) is 19.5. The van der Waals surface area contributed by atoms with E-state index >= 15 is 0 Å². The predicted octanol–water partition coefficient (Wildman–Crippen LogP) is 3.50. The molecule has 0 radical (unpaired) electrons. The van der Waals surface area contributed by atoms with E-state index < -0.39 is 11.7 Å². The van der Waals surface area contributed by atoms with Crippen molar-refractivity contribution < 1.29 is 18.0 Å². The molecule has 2 aromatic heterocycles. The number of amides is 1. The molecule has 3 aromatic rings. The summed E-state index contributed by atoms with van der Waals surface area (Å²) in [5, 5.41) is 4.27. The number of anilines is 2. The van der Waals surface area contributed by atoms with Crippen LogP contribution in [0.25, 0.3) is 0 Å². The van der Waals surface area contributed by atoms with Gasteiger partial charge in [0, 0.05) is 24.0 Å². The number of nitrogen functional groups attached to an aromatic ring is 1. The summed E-state index contributed by atoms with van der Waals surface area (Å²) in [6.45, 7) is 2.16. The first-order chi connectivity index (χ1) is 14.2. The fraction of sp³-hybridized carbons (Fsp3) is 0.190. The molecule has 0 saturated heterocycles. The molecule has 1 aliphatic heterocycles. The van der Waals surface area contributed by atoms with Crippen LogP contribution in [0.2, 0.25) is 0 Å². The lowest BCUT2D eigenvalue weighted by molar-refractivity contribution is -0.137.